The van der Waals surface area contributed by atoms with Crippen LogP contribution < -0.4 is 14.4 Å². The third-order valence-corrected chi connectivity index (χ3v) is 5.29. The number of rotatable bonds is 7. The summed E-state index contributed by atoms with van der Waals surface area (Å²) >= 11 is 6.06. The maximum absolute atomic E-state index is 13.0. The van der Waals surface area contributed by atoms with Crippen molar-refractivity contribution >= 4 is 33.2 Å². The van der Waals surface area contributed by atoms with Crippen LogP contribution in [0.3, 0.4) is 0 Å². The Morgan fingerprint density at radius 1 is 1.26 bits per heavy atom. The first-order valence-corrected chi connectivity index (χ1v) is 10.2. The zero-order valence-corrected chi connectivity index (χ0v) is 16.6. The Balaban J connectivity index is 2.17. The van der Waals surface area contributed by atoms with E-state index in [1.165, 1.54) is 37.4 Å². The predicted octanol–water partition coefficient (Wildman–Crippen LogP) is 3.13. The summed E-state index contributed by atoms with van der Waals surface area (Å²) in [5.74, 6) is -0.496. The molecule has 2 aromatic carbocycles. The first kappa shape index (κ1) is 21.0. The molecule has 0 saturated heterocycles. The van der Waals surface area contributed by atoms with E-state index >= 15 is 0 Å². The van der Waals surface area contributed by atoms with Gasteiger partial charge in [0.1, 0.15) is 18.1 Å². The summed E-state index contributed by atoms with van der Waals surface area (Å²) in [6.07, 6.45) is 1.00. The van der Waals surface area contributed by atoms with Crippen molar-refractivity contribution < 1.29 is 22.3 Å². The molecule has 27 heavy (non-hydrogen) atoms. The molecule has 2 rings (SSSR count). The van der Waals surface area contributed by atoms with Crippen LogP contribution in [0.2, 0.25) is 5.02 Å². The number of amides is 1. The van der Waals surface area contributed by atoms with Gasteiger partial charge in [0.25, 0.3) is 0 Å². The Morgan fingerprint density at radius 2 is 1.89 bits per heavy atom. The van der Waals surface area contributed by atoms with Gasteiger partial charge in [-0.25, -0.2) is 12.8 Å². The highest BCUT2D eigenvalue weighted by atomic mass is 35.5. The Bertz CT molecular complexity index is 919. The average Bonchev–Trinajstić information content (AvgIpc) is 2.59. The summed E-state index contributed by atoms with van der Waals surface area (Å²) in [4.78, 5) is 12.4. The fourth-order valence-corrected chi connectivity index (χ4v) is 3.56. The van der Waals surface area contributed by atoms with Crippen LogP contribution in [0.15, 0.2) is 42.5 Å². The van der Waals surface area contributed by atoms with Gasteiger partial charge in [-0.2, -0.15) is 0 Å². The number of nitrogens with one attached hydrogen (secondary N) is 1. The normalized spacial score (nSPS) is 12.3. The number of hydrogen-bond donors (Lipinski definition) is 1. The lowest BCUT2D eigenvalue weighted by molar-refractivity contribution is -0.120. The number of carbonyl (C=O) groups is 1. The zero-order valence-electron chi connectivity index (χ0n) is 15.1. The smallest absolute Gasteiger partial charge is 0.241 e. The fourth-order valence-electron chi connectivity index (χ4n) is 2.46. The van der Waals surface area contributed by atoms with Crippen molar-refractivity contribution in [3.8, 4) is 5.75 Å². The van der Waals surface area contributed by atoms with E-state index < -0.39 is 28.5 Å². The SMILES string of the molecule is COc1ccc(N(CC(=O)N[C@H](C)c2ccc(F)cc2)S(C)(=O)=O)cc1Cl. The lowest BCUT2D eigenvalue weighted by Crippen LogP contribution is -2.41. The number of anilines is 1. The molecule has 0 radical (unpaired) electrons. The standard InChI is InChI=1S/C18H20ClFN2O4S/c1-12(13-4-6-14(20)7-5-13)21-18(23)11-22(27(3,24)25)15-8-9-17(26-2)16(19)10-15/h4-10,12H,11H2,1-3H3,(H,21,23)/t12-/m1/s1. The van der Waals surface area contributed by atoms with Crippen LogP contribution in [0.1, 0.15) is 18.5 Å². The number of ether oxygens (including phenoxy) is 1. The number of nitrogens with zero attached hydrogens (tertiary/aromatic N) is 1. The maximum atomic E-state index is 13.0. The van der Waals surface area contributed by atoms with E-state index in [2.05, 4.69) is 5.32 Å². The Labute approximate surface area is 162 Å². The molecule has 0 aliphatic rings. The lowest BCUT2D eigenvalue weighted by atomic mass is 10.1. The fraction of sp³-hybridized carbons (Fsp3) is 0.278. The van der Waals surface area contributed by atoms with E-state index in [9.17, 15) is 17.6 Å². The number of methoxy groups -OCH3 is 1. The van der Waals surface area contributed by atoms with Crippen molar-refractivity contribution in [2.24, 2.45) is 0 Å². The van der Waals surface area contributed by atoms with Crippen molar-refractivity contribution in [1.29, 1.82) is 0 Å². The van der Waals surface area contributed by atoms with Crippen molar-refractivity contribution in [2.45, 2.75) is 13.0 Å². The molecule has 2 aromatic rings. The summed E-state index contributed by atoms with van der Waals surface area (Å²) < 4.78 is 43.3. The van der Waals surface area contributed by atoms with E-state index in [1.54, 1.807) is 19.1 Å². The quantitative estimate of drug-likeness (QED) is 0.755. The van der Waals surface area contributed by atoms with Crippen molar-refractivity contribution in [2.75, 3.05) is 24.2 Å². The molecule has 0 bridgehead atoms. The molecule has 0 unspecified atom stereocenters. The Hall–Kier alpha value is -2.32. The molecule has 6 nitrogen and oxygen atoms in total. The van der Waals surface area contributed by atoms with Crippen LogP contribution in [-0.2, 0) is 14.8 Å². The zero-order chi connectivity index (χ0) is 20.2. The van der Waals surface area contributed by atoms with Crippen molar-refractivity contribution in [3.05, 3.63) is 58.9 Å². The summed E-state index contributed by atoms with van der Waals surface area (Å²) in [6.45, 7) is 1.30. The van der Waals surface area contributed by atoms with E-state index in [-0.39, 0.29) is 16.5 Å². The van der Waals surface area contributed by atoms with Crippen LogP contribution in [0.25, 0.3) is 0 Å². The first-order valence-electron chi connectivity index (χ1n) is 7.98. The van der Waals surface area contributed by atoms with Crippen LogP contribution in [0, 0.1) is 5.82 Å². The molecule has 146 valence electrons. The molecule has 1 atom stereocenters. The van der Waals surface area contributed by atoms with Gasteiger partial charge >= 0.3 is 0 Å². The lowest BCUT2D eigenvalue weighted by Gasteiger charge is -2.23. The van der Waals surface area contributed by atoms with Crippen LogP contribution in [-0.4, -0.2) is 34.2 Å². The largest absolute Gasteiger partial charge is 0.495 e. The third kappa shape index (κ3) is 5.58. The topological polar surface area (TPSA) is 75.7 Å². The van der Waals surface area contributed by atoms with Gasteiger partial charge in [0, 0.05) is 0 Å². The molecular weight excluding hydrogens is 395 g/mol. The Morgan fingerprint density at radius 3 is 2.41 bits per heavy atom. The molecule has 0 aliphatic carbocycles. The van der Waals surface area contributed by atoms with Gasteiger partial charge in [-0.1, -0.05) is 23.7 Å². The Kier molecular flexibility index (Phi) is 6.67. The van der Waals surface area contributed by atoms with Gasteiger partial charge in [-0.3, -0.25) is 9.10 Å². The summed E-state index contributed by atoms with van der Waals surface area (Å²) in [5.41, 5.74) is 0.941. The van der Waals surface area contributed by atoms with Gasteiger partial charge in [-0.15, -0.1) is 0 Å². The minimum Gasteiger partial charge on any atom is -0.495 e. The van der Waals surface area contributed by atoms with Crippen molar-refractivity contribution in [3.63, 3.8) is 0 Å². The molecule has 1 N–H and O–H groups in total. The second-order valence-electron chi connectivity index (χ2n) is 5.93. The average molecular weight is 415 g/mol. The molecule has 1 amide bonds. The van der Waals surface area contributed by atoms with Gasteiger partial charge < -0.3 is 10.1 Å². The number of hydrogen-bond acceptors (Lipinski definition) is 4. The number of benzene rings is 2. The van der Waals surface area contributed by atoms with Gasteiger partial charge in [0.2, 0.25) is 15.9 Å². The van der Waals surface area contributed by atoms with Gasteiger partial charge in [-0.05, 0) is 42.8 Å². The molecule has 0 heterocycles. The van der Waals surface area contributed by atoms with Gasteiger partial charge in [0.15, 0.2) is 0 Å². The molecule has 9 heteroatoms. The third-order valence-electron chi connectivity index (χ3n) is 3.86. The molecular formula is C18H20ClFN2O4S. The maximum Gasteiger partial charge on any atom is 0.241 e. The second kappa shape index (κ2) is 8.58. The minimum absolute atomic E-state index is 0.226. The van der Waals surface area contributed by atoms with E-state index in [0.29, 0.717) is 11.3 Å². The highest BCUT2D eigenvalue weighted by Crippen LogP contribution is 2.30. The van der Waals surface area contributed by atoms with Crippen molar-refractivity contribution in [1.82, 2.24) is 5.32 Å². The molecule has 0 aliphatic heterocycles. The summed E-state index contributed by atoms with van der Waals surface area (Å²) in [7, 11) is -2.29. The highest BCUT2D eigenvalue weighted by Gasteiger charge is 2.22. The van der Waals surface area contributed by atoms with E-state index in [4.69, 9.17) is 16.3 Å². The van der Waals surface area contributed by atoms with Gasteiger partial charge in [0.05, 0.1) is 30.1 Å². The second-order valence-corrected chi connectivity index (χ2v) is 8.24. The number of sulfonamides is 1. The van der Waals surface area contributed by atoms with E-state index in [0.717, 1.165) is 10.6 Å². The van der Waals surface area contributed by atoms with Crippen LogP contribution in [0.5, 0.6) is 5.75 Å². The molecule has 0 saturated carbocycles. The predicted molar refractivity (Wildman–Crippen MR) is 103 cm³/mol. The van der Waals surface area contributed by atoms with Crippen LogP contribution in [0.4, 0.5) is 10.1 Å². The first-order chi connectivity index (χ1) is 12.6. The van der Waals surface area contributed by atoms with E-state index in [1.807, 2.05) is 0 Å². The van der Waals surface area contributed by atoms with Crippen LogP contribution >= 0.6 is 11.6 Å². The summed E-state index contributed by atoms with van der Waals surface area (Å²) in [6, 6.07) is 9.71. The monoisotopic (exact) mass is 414 g/mol. The number of halogens is 2. The number of carbonyl (C=O) groups excluding carboxylic acids is 1. The molecule has 0 spiro atoms. The minimum atomic E-state index is -3.73. The molecule has 0 aromatic heterocycles. The molecule has 0 fully saturated rings. The summed E-state index contributed by atoms with van der Waals surface area (Å²) in [5, 5.41) is 2.93. The highest BCUT2D eigenvalue weighted by molar-refractivity contribution is 7.92.